The minimum absolute atomic E-state index is 0.0823. The van der Waals surface area contributed by atoms with Crippen molar-refractivity contribution in [2.45, 2.75) is 43.0 Å². The fourth-order valence-electron chi connectivity index (χ4n) is 5.43. The molecule has 12 heteroatoms. The van der Waals surface area contributed by atoms with Crippen LogP contribution in [0.1, 0.15) is 32.1 Å². The van der Waals surface area contributed by atoms with Crippen molar-refractivity contribution in [2.75, 3.05) is 55.9 Å². The molecule has 40 heavy (non-hydrogen) atoms. The number of hydrogen-bond donors (Lipinski definition) is 3. The number of ether oxygens (including phenoxy) is 1. The van der Waals surface area contributed by atoms with E-state index < -0.39 is 10.0 Å². The van der Waals surface area contributed by atoms with E-state index in [4.69, 9.17) is 16.3 Å². The molecule has 2 aromatic carbocycles. The molecule has 1 aromatic heterocycles. The van der Waals surface area contributed by atoms with Crippen LogP contribution in [0.4, 0.5) is 28.8 Å². The second kappa shape index (κ2) is 12.6. The van der Waals surface area contributed by atoms with Gasteiger partial charge in [0, 0.05) is 30.9 Å². The molecule has 2 fully saturated rings. The number of hydrogen-bond acceptors (Lipinski definition) is 9. The number of nitrogens with one attached hydrogen (secondary N) is 3. The molecular formula is C28H36ClN7O3S. The smallest absolute Gasteiger partial charge is 0.242 e. The monoisotopic (exact) mass is 585 g/mol. The summed E-state index contributed by atoms with van der Waals surface area (Å²) in [7, 11) is -0.686. The van der Waals surface area contributed by atoms with Gasteiger partial charge in [-0.15, -0.1) is 0 Å². The highest BCUT2D eigenvalue weighted by molar-refractivity contribution is 7.89. The Balaban J connectivity index is 1.29. The SMILES string of the molecule is CNS(=O)(=O)c1ccccc1Nc1nc(Nc2ccc(N3CCC(N4CCCCC4)CC3)cc2OC)ncc1Cl. The molecule has 0 radical (unpaired) electrons. The topological polar surface area (TPSA) is 112 Å². The van der Waals surface area contributed by atoms with Gasteiger partial charge in [0.1, 0.15) is 15.7 Å². The molecule has 0 amide bonds. The largest absolute Gasteiger partial charge is 0.494 e. The molecule has 3 N–H and O–H groups in total. The highest BCUT2D eigenvalue weighted by atomic mass is 35.5. The van der Waals surface area contributed by atoms with Crippen LogP contribution in [0.3, 0.4) is 0 Å². The van der Waals surface area contributed by atoms with Crippen molar-refractivity contribution in [2.24, 2.45) is 0 Å². The summed E-state index contributed by atoms with van der Waals surface area (Å²) in [6.07, 6.45) is 7.83. The standard InChI is InChI=1S/C28H36ClN7O3S/c1-30-40(37,38)26-9-5-4-8-24(26)32-27-22(29)19-31-28(34-27)33-23-11-10-21(18-25(23)39-2)36-16-12-20(13-17-36)35-14-6-3-7-15-35/h4-5,8-11,18-20,30H,3,6-7,12-17H2,1-2H3,(H2,31,32,33,34). The van der Waals surface area contributed by atoms with Gasteiger partial charge in [-0.3, -0.25) is 0 Å². The summed E-state index contributed by atoms with van der Waals surface area (Å²) >= 11 is 6.36. The van der Waals surface area contributed by atoms with Gasteiger partial charge in [0.15, 0.2) is 5.82 Å². The van der Waals surface area contributed by atoms with Gasteiger partial charge in [-0.25, -0.2) is 18.1 Å². The van der Waals surface area contributed by atoms with E-state index in [9.17, 15) is 8.42 Å². The third-order valence-electron chi connectivity index (χ3n) is 7.61. The van der Waals surface area contributed by atoms with Crippen molar-refractivity contribution >= 4 is 50.5 Å². The van der Waals surface area contributed by atoms with Gasteiger partial charge < -0.3 is 25.2 Å². The van der Waals surface area contributed by atoms with Crippen molar-refractivity contribution in [3.05, 3.63) is 53.7 Å². The summed E-state index contributed by atoms with van der Waals surface area (Å²) in [6.45, 7) is 4.53. The minimum atomic E-state index is -3.69. The lowest BCUT2D eigenvalue weighted by Crippen LogP contribution is -2.46. The number of piperidine rings is 2. The van der Waals surface area contributed by atoms with Crippen molar-refractivity contribution in [1.82, 2.24) is 19.6 Å². The Morgan fingerprint density at radius 1 is 0.975 bits per heavy atom. The first-order chi connectivity index (χ1) is 19.4. The zero-order valence-corrected chi connectivity index (χ0v) is 24.4. The van der Waals surface area contributed by atoms with Gasteiger partial charge in [-0.05, 0) is 70.1 Å². The Labute approximate surface area is 241 Å². The quantitative estimate of drug-likeness (QED) is 0.320. The number of anilines is 5. The molecule has 2 saturated heterocycles. The molecule has 3 heterocycles. The zero-order valence-electron chi connectivity index (χ0n) is 22.9. The van der Waals surface area contributed by atoms with E-state index in [1.165, 1.54) is 64.5 Å². The normalized spacial score (nSPS) is 17.0. The Bertz CT molecular complexity index is 1430. The molecule has 0 atom stereocenters. The third-order valence-corrected chi connectivity index (χ3v) is 9.36. The lowest BCUT2D eigenvalue weighted by molar-refractivity contribution is 0.141. The Hall–Kier alpha value is -3.12. The van der Waals surface area contributed by atoms with Crippen LogP contribution in [0.25, 0.3) is 0 Å². The van der Waals surface area contributed by atoms with Gasteiger partial charge >= 0.3 is 0 Å². The van der Waals surface area contributed by atoms with Gasteiger partial charge in [0.05, 0.1) is 24.7 Å². The van der Waals surface area contributed by atoms with Crippen LogP contribution in [-0.2, 0) is 10.0 Å². The summed E-state index contributed by atoms with van der Waals surface area (Å²) in [5, 5.41) is 6.49. The predicted octanol–water partition coefficient (Wildman–Crippen LogP) is 4.99. The van der Waals surface area contributed by atoms with Crippen LogP contribution in [0.15, 0.2) is 53.6 Å². The van der Waals surface area contributed by atoms with E-state index in [1.54, 1.807) is 25.3 Å². The van der Waals surface area contributed by atoms with Crippen molar-refractivity contribution in [3.8, 4) is 5.75 Å². The van der Waals surface area contributed by atoms with Crippen LogP contribution in [-0.4, -0.2) is 69.7 Å². The highest BCUT2D eigenvalue weighted by Gasteiger charge is 2.26. The number of sulfonamides is 1. The Morgan fingerprint density at radius 2 is 1.73 bits per heavy atom. The first kappa shape index (κ1) is 28.4. The maximum atomic E-state index is 12.5. The first-order valence-corrected chi connectivity index (χ1v) is 15.5. The zero-order chi connectivity index (χ0) is 28.1. The molecule has 0 unspecified atom stereocenters. The van der Waals surface area contributed by atoms with Crippen molar-refractivity contribution in [1.29, 1.82) is 0 Å². The number of para-hydroxylation sites is 1. The number of aromatic nitrogens is 2. The summed E-state index contributed by atoms with van der Waals surface area (Å²) in [4.78, 5) is 14.0. The van der Waals surface area contributed by atoms with Gasteiger partial charge in [0.25, 0.3) is 0 Å². The van der Waals surface area contributed by atoms with Crippen LogP contribution >= 0.6 is 11.6 Å². The maximum absolute atomic E-state index is 12.5. The van der Waals surface area contributed by atoms with E-state index in [-0.39, 0.29) is 21.7 Å². The molecule has 0 saturated carbocycles. The maximum Gasteiger partial charge on any atom is 0.242 e. The molecular weight excluding hydrogens is 550 g/mol. The molecule has 0 spiro atoms. The van der Waals surface area contributed by atoms with Gasteiger partial charge in [0.2, 0.25) is 16.0 Å². The van der Waals surface area contributed by atoms with Crippen LogP contribution in [0.2, 0.25) is 5.02 Å². The Morgan fingerprint density at radius 3 is 2.45 bits per heavy atom. The van der Waals surface area contributed by atoms with Crippen molar-refractivity contribution < 1.29 is 13.2 Å². The number of nitrogens with zero attached hydrogens (tertiary/aromatic N) is 4. The van der Waals surface area contributed by atoms with E-state index in [0.29, 0.717) is 23.2 Å². The fraction of sp³-hybridized carbons (Fsp3) is 0.429. The van der Waals surface area contributed by atoms with Crippen molar-refractivity contribution in [3.63, 3.8) is 0 Å². The van der Waals surface area contributed by atoms with E-state index in [2.05, 4.69) is 41.2 Å². The first-order valence-electron chi connectivity index (χ1n) is 13.6. The second-order valence-corrected chi connectivity index (χ2v) is 12.3. The average Bonchev–Trinajstić information content (AvgIpc) is 3.00. The second-order valence-electron chi connectivity index (χ2n) is 10.0. The lowest BCUT2D eigenvalue weighted by atomic mass is 9.99. The average molecular weight is 586 g/mol. The molecule has 214 valence electrons. The summed E-state index contributed by atoms with van der Waals surface area (Å²) in [5.74, 6) is 1.23. The van der Waals surface area contributed by atoms with Gasteiger partial charge in [-0.2, -0.15) is 4.98 Å². The minimum Gasteiger partial charge on any atom is -0.494 e. The highest BCUT2D eigenvalue weighted by Crippen LogP contribution is 2.34. The number of benzene rings is 2. The predicted molar refractivity (Wildman–Crippen MR) is 160 cm³/mol. The van der Waals surface area contributed by atoms with Crippen LogP contribution in [0.5, 0.6) is 5.75 Å². The summed E-state index contributed by atoms with van der Waals surface area (Å²) in [6, 6.07) is 13.3. The molecule has 5 rings (SSSR count). The van der Waals surface area contributed by atoms with Crippen LogP contribution in [0, 0.1) is 0 Å². The number of rotatable bonds is 9. The van der Waals surface area contributed by atoms with Gasteiger partial charge in [-0.1, -0.05) is 30.2 Å². The van der Waals surface area contributed by atoms with Crippen LogP contribution < -0.4 is 25.0 Å². The lowest BCUT2D eigenvalue weighted by Gasteiger charge is -2.41. The molecule has 0 aliphatic carbocycles. The molecule has 0 bridgehead atoms. The number of likely N-dealkylation sites (tertiary alicyclic amines) is 1. The van der Waals surface area contributed by atoms with E-state index in [1.807, 2.05) is 12.1 Å². The Kier molecular flexibility index (Phi) is 8.94. The summed E-state index contributed by atoms with van der Waals surface area (Å²) in [5.41, 5.74) is 2.18. The molecule has 10 nitrogen and oxygen atoms in total. The molecule has 3 aromatic rings. The molecule has 2 aliphatic rings. The fourth-order valence-corrected chi connectivity index (χ4v) is 6.45. The van der Waals surface area contributed by atoms with E-state index >= 15 is 0 Å². The molecule has 2 aliphatic heterocycles. The number of methoxy groups -OCH3 is 1. The summed E-state index contributed by atoms with van der Waals surface area (Å²) < 4.78 is 33.0. The third kappa shape index (κ3) is 6.43. The van der Waals surface area contributed by atoms with E-state index in [0.717, 1.165) is 18.8 Å². The number of halogens is 1.